The van der Waals surface area contributed by atoms with Crippen LogP contribution in [0, 0.1) is 0 Å². The van der Waals surface area contributed by atoms with Crippen LogP contribution in [0.15, 0.2) is 218 Å². The van der Waals surface area contributed by atoms with Crippen LogP contribution in [-0.2, 0) is 0 Å². The van der Waals surface area contributed by atoms with Crippen molar-refractivity contribution < 1.29 is 0 Å². The largest absolute Gasteiger partial charge is 0.309 e. The molecular formula is C57H36N4. The second-order valence-corrected chi connectivity index (χ2v) is 15.6. The number of fused-ring (bicyclic) bond motifs is 7. The van der Waals surface area contributed by atoms with Gasteiger partial charge in [-0.05, 0) is 91.0 Å². The molecule has 0 fully saturated rings. The molecule has 2 aromatic heterocycles. The third-order valence-electron chi connectivity index (χ3n) is 12.0. The lowest BCUT2D eigenvalue weighted by molar-refractivity contribution is 1.07. The quantitative estimate of drug-likeness (QED) is 0.125. The molecule has 0 atom stereocenters. The summed E-state index contributed by atoms with van der Waals surface area (Å²) < 4.78 is 2.36. The second-order valence-electron chi connectivity index (χ2n) is 15.6. The Balaban J connectivity index is 0.974. The molecule has 0 spiro atoms. The second kappa shape index (κ2) is 14.3. The van der Waals surface area contributed by atoms with Gasteiger partial charge in [0.1, 0.15) is 0 Å². The van der Waals surface area contributed by atoms with E-state index < -0.39 is 0 Å². The highest BCUT2D eigenvalue weighted by atomic mass is 15.0. The molecule has 4 nitrogen and oxygen atoms in total. The van der Waals surface area contributed by atoms with Crippen molar-refractivity contribution in [3.8, 4) is 62.1 Å². The smallest absolute Gasteiger partial charge is 0.164 e. The maximum Gasteiger partial charge on any atom is 0.164 e. The van der Waals surface area contributed by atoms with Crippen molar-refractivity contribution in [2.75, 3.05) is 0 Å². The van der Waals surface area contributed by atoms with Gasteiger partial charge in [-0.3, -0.25) is 0 Å². The fourth-order valence-corrected chi connectivity index (χ4v) is 9.11. The maximum atomic E-state index is 5.18. The highest BCUT2D eigenvalue weighted by molar-refractivity contribution is 6.20. The van der Waals surface area contributed by atoms with Crippen LogP contribution in [0.3, 0.4) is 0 Å². The summed E-state index contributed by atoms with van der Waals surface area (Å²) in [4.78, 5) is 15.4. The Morgan fingerprint density at radius 2 is 0.787 bits per heavy atom. The van der Waals surface area contributed by atoms with Crippen molar-refractivity contribution in [3.05, 3.63) is 218 Å². The Morgan fingerprint density at radius 1 is 0.262 bits per heavy atom. The number of benzene rings is 10. The zero-order chi connectivity index (χ0) is 40.3. The maximum absolute atomic E-state index is 5.18. The number of hydrogen-bond donors (Lipinski definition) is 0. The molecule has 0 amide bonds. The zero-order valence-corrected chi connectivity index (χ0v) is 33.1. The molecule has 0 N–H and O–H groups in total. The van der Waals surface area contributed by atoms with Gasteiger partial charge < -0.3 is 4.57 Å². The van der Waals surface area contributed by atoms with Gasteiger partial charge in [-0.2, -0.15) is 0 Å². The lowest BCUT2D eigenvalue weighted by atomic mass is 9.89. The van der Waals surface area contributed by atoms with Gasteiger partial charge in [0.25, 0.3) is 0 Å². The lowest BCUT2D eigenvalue weighted by Crippen LogP contribution is -2.00. The molecule has 0 aliphatic carbocycles. The Labute approximate surface area is 352 Å². The predicted octanol–water partition coefficient (Wildman–Crippen LogP) is 14.8. The first-order valence-corrected chi connectivity index (χ1v) is 20.7. The van der Waals surface area contributed by atoms with Crippen molar-refractivity contribution in [1.82, 2.24) is 19.5 Å². The van der Waals surface area contributed by atoms with E-state index in [-0.39, 0.29) is 0 Å². The number of aromatic nitrogens is 4. The van der Waals surface area contributed by atoms with Crippen LogP contribution < -0.4 is 0 Å². The number of rotatable bonds is 6. The molecule has 12 aromatic rings. The lowest BCUT2D eigenvalue weighted by Gasteiger charge is -2.14. The van der Waals surface area contributed by atoms with Crippen molar-refractivity contribution >= 4 is 54.1 Å². The van der Waals surface area contributed by atoms with Gasteiger partial charge in [0.05, 0.1) is 11.0 Å². The molecule has 0 radical (unpaired) electrons. The van der Waals surface area contributed by atoms with Gasteiger partial charge in [0.15, 0.2) is 17.5 Å². The van der Waals surface area contributed by atoms with E-state index in [4.69, 9.17) is 15.0 Å². The molecule has 0 aliphatic heterocycles. The third kappa shape index (κ3) is 5.96. The number of nitrogens with zero attached hydrogens (tertiary/aromatic N) is 4. The molecule has 0 bridgehead atoms. The average Bonchev–Trinajstić information content (AvgIpc) is 3.67. The molecule has 0 saturated carbocycles. The number of hydrogen-bond acceptors (Lipinski definition) is 3. The van der Waals surface area contributed by atoms with Crippen molar-refractivity contribution in [1.29, 1.82) is 0 Å². The highest BCUT2D eigenvalue weighted by Gasteiger charge is 2.17. The first-order chi connectivity index (χ1) is 30.2. The van der Waals surface area contributed by atoms with Crippen LogP contribution in [0.5, 0.6) is 0 Å². The van der Waals surface area contributed by atoms with Gasteiger partial charge in [-0.1, -0.05) is 182 Å². The topological polar surface area (TPSA) is 43.6 Å². The molecule has 0 aliphatic rings. The summed E-state index contributed by atoms with van der Waals surface area (Å²) in [5.74, 6) is 1.89. The summed E-state index contributed by atoms with van der Waals surface area (Å²) in [5.41, 5.74) is 10.9. The fraction of sp³-hybridized carbons (Fsp3) is 0. The Kier molecular flexibility index (Phi) is 8.13. The highest BCUT2D eigenvalue weighted by Crippen LogP contribution is 2.40. The van der Waals surface area contributed by atoms with E-state index in [1.165, 1.54) is 54.2 Å². The Bertz CT molecular complexity index is 3630. The van der Waals surface area contributed by atoms with Crippen molar-refractivity contribution in [2.24, 2.45) is 0 Å². The Hall–Kier alpha value is -8.21. The minimum Gasteiger partial charge on any atom is -0.309 e. The summed E-state index contributed by atoms with van der Waals surface area (Å²) >= 11 is 0. The van der Waals surface area contributed by atoms with E-state index in [0.717, 1.165) is 44.6 Å². The van der Waals surface area contributed by atoms with Gasteiger partial charge in [0.2, 0.25) is 0 Å². The molecular weight excluding hydrogens is 741 g/mol. The first kappa shape index (κ1) is 34.8. The summed E-state index contributed by atoms with van der Waals surface area (Å²) in [6.07, 6.45) is 0. The predicted molar refractivity (Wildman–Crippen MR) is 254 cm³/mol. The zero-order valence-electron chi connectivity index (χ0n) is 33.1. The molecule has 61 heavy (non-hydrogen) atoms. The third-order valence-corrected chi connectivity index (χ3v) is 12.0. The first-order valence-electron chi connectivity index (χ1n) is 20.7. The van der Waals surface area contributed by atoms with Crippen molar-refractivity contribution in [2.45, 2.75) is 0 Å². The molecule has 2 heterocycles. The molecule has 0 unspecified atom stereocenters. The molecule has 12 rings (SSSR count). The fourth-order valence-electron chi connectivity index (χ4n) is 9.11. The van der Waals surface area contributed by atoms with Gasteiger partial charge in [-0.25, -0.2) is 15.0 Å². The summed E-state index contributed by atoms with van der Waals surface area (Å²) in [6, 6.07) is 77.6. The molecule has 284 valence electrons. The van der Waals surface area contributed by atoms with E-state index in [1.54, 1.807) is 0 Å². The van der Waals surface area contributed by atoms with E-state index >= 15 is 0 Å². The standard InChI is InChI=1S/C57H36N4/c1-3-15-39(16-4-1)55-58-56(40-28-26-38(27-29-40)54-47-23-10-8-17-43(47)35-51-46-22-9-7-14-37(46)30-33-50(51)54)60-57(59-55)44-19-13-18-41(34-44)42-31-32-49-48-24-11-12-25-52(48)61(53(49)36-42)45-20-5-2-6-21-45/h1-36H. The van der Waals surface area contributed by atoms with E-state index in [9.17, 15) is 0 Å². The number of para-hydroxylation sites is 2. The minimum absolute atomic E-state index is 0.626. The summed E-state index contributed by atoms with van der Waals surface area (Å²) in [6.45, 7) is 0. The van der Waals surface area contributed by atoms with Crippen LogP contribution in [0.2, 0.25) is 0 Å². The van der Waals surface area contributed by atoms with Crippen LogP contribution in [0.25, 0.3) is 116 Å². The SMILES string of the molecule is c1ccc(-c2nc(-c3ccc(-c4c5ccccc5cc5c4ccc4ccccc45)cc3)nc(-c3cccc(-c4ccc5c6ccccc6n(-c6ccccc6)c5c4)c3)n2)cc1. The minimum atomic E-state index is 0.626. The van der Waals surface area contributed by atoms with Crippen LogP contribution in [0.4, 0.5) is 0 Å². The summed E-state index contributed by atoms with van der Waals surface area (Å²) in [7, 11) is 0. The van der Waals surface area contributed by atoms with Crippen LogP contribution in [-0.4, -0.2) is 19.5 Å². The van der Waals surface area contributed by atoms with E-state index in [2.05, 4.69) is 205 Å². The Morgan fingerprint density at radius 3 is 1.57 bits per heavy atom. The molecule has 0 saturated heterocycles. The average molecular weight is 777 g/mol. The van der Waals surface area contributed by atoms with Gasteiger partial charge in [-0.15, -0.1) is 0 Å². The molecule has 10 aromatic carbocycles. The van der Waals surface area contributed by atoms with E-state index in [0.29, 0.717) is 17.5 Å². The monoisotopic (exact) mass is 776 g/mol. The van der Waals surface area contributed by atoms with Crippen LogP contribution in [0.1, 0.15) is 0 Å². The van der Waals surface area contributed by atoms with Gasteiger partial charge >= 0.3 is 0 Å². The molecule has 4 heteroatoms. The van der Waals surface area contributed by atoms with Crippen LogP contribution >= 0.6 is 0 Å². The summed E-state index contributed by atoms with van der Waals surface area (Å²) in [5, 5.41) is 9.90. The van der Waals surface area contributed by atoms with Gasteiger partial charge in [0, 0.05) is 33.2 Å². The normalized spacial score (nSPS) is 11.6. The van der Waals surface area contributed by atoms with E-state index in [1.807, 2.05) is 18.2 Å². The van der Waals surface area contributed by atoms with Crippen molar-refractivity contribution in [3.63, 3.8) is 0 Å².